The van der Waals surface area contributed by atoms with Crippen molar-refractivity contribution in [3.8, 4) is 0 Å². The number of fused-ring (bicyclic) bond motifs is 1. The Hall–Kier alpha value is -2.41. The van der Waals surface area contributed by atoms with E-state index in [1.807, 2.05) is 6.92 Å². The number of nitrogens with one attached hydrogen (secondary N) is 1. The summed E-state index contributed by atoms with van der Waals surface area (Å²) in [6.07, 6.45) is 2.42. The van der Waals surface area contributed by atoms with Crippen molar-refractivity contribution >= 4 is 21.4 Å². The van der Waals surface area contributed by atoms with Crippen molar-refractivity contribution in [2.24, 2.45) is 0 Å². The third kappa shape index (κ3) is 2.59. The maximum absolute atomic E-state index is 12.4. The third-order valence-corrected chi connectivity index (χ3v) is 4.40. The minimum Gasteiger partial charge on any atom is -0.276 e. The Balaban J connectivity index is 2.04. The van der Waals surface area contributed by atoms with E-state index in [1.165, 1.54) is 0 Å². The lowest BCUT2D eigenvalue weighted by atomic mass is 10.4. The van der Waals surface area contributed by atoms with E-state index in [0.717, 1.165) is 0 Å². The first kappa shape index (κ1) is 13.6. The van der Waals surface area contributed by atoms with Crippen molar-refractivity contribution in [3.05, 3.63) is 54.5 Å². The number of hydrogen-bond donors (Lipinski definition) is 1. The van der Waals surface area contributed by atoms with Gasteiger partial charge in [-0.15, -0.1) is 0 Å². The summed E-state index contributed by atoms with van der Waals surface area (Å²) in [5.74, 6) is 0.668. The van der Waals surface area contributed by atoms with E-state index in [4.69, 9.17) is 0 Å². The molecule has 21 heavy (non-hydrogen) atoms. The number of aryl methyl sites for hydroxylation is 1. The molecule has 108 valence electrons. The fraction of sp³-hybridized carbons (Fsp3) is 0.143. The van der Waals surface area contributed by atoms with Crippen LogP contribution in [0.5, 0.6) is 0 Å². The van der Waals surface area contributed by atoms with Gasteiger partial charge in [0.05, 0.1) is 10.6 Å². The standard InChI is InChI=1S/C14H14N4O2S/c1-2-13-15-14-12(9-6-10-18(14)16-13)17-21(19,20)11-7-4-3-5-8-11/h3-10,17H,2H2,1H3. The highest BCUT2D eigenvalue weighted by molar-refractivity contribution is 7.92. The molecule has 0 aliphatic heterocycles. The second kappa shape index (κ2) is 5.17. The lowest BCUT2D eigenvalue weighted by molar-refractivity contribution is 0.601. The van der Waals surface area contributed by atoms with Gasteiger partial charge in [-0.1, -0.05) is 25.1 Å². The molecule has 0 unspecified atom stereocenters. The van der Waals surface area contributed by atoms with Crippen molar-refractivity contribution in [2.45, 2.75) is 18.2 Å². The number of nitrogens with zero attached hydrogens (tertiary/aromatic N) is 3. The molecule has 3 rings (SSSR count). The molecule has 0 atom stereocenters. The minimum atomic E-state index is -3.63. The summed E-state index contributed by atoms with van der Waals surface area (Å²) in [5, 5.41) is 4.27. The van der Waals surface area contributed by atoms with Crippen LogP contribution >= 0.6 is 0 Å². The molecule has 0 amide bonds. The number of benzene rings is 1. The molecule has 0 aliphatic carbocycles. The Morgan fingerprint density at radius 1 is 1.14 bits per heavy atom. The predicted octanol–water partition coefficient (Wildman–Crippen LogP) is 2.09. The van der Waals surface area contributed by atoms with Gasteiger partial charge < -0.3 is 0 Å². The summed E-state index contributed by atoms with van der Waals surface area (Å²) < 4.78 is 28.8. The van der Waals surface area contributed by atoms with Crippen LogP contribution in [-0.4, -0.2) is 23.0 Å². The maximum atomic E-state index is 12.4. The van der Waals surface area contributed by atoms with Crippen LogP contribution < -0.4 is 4.72 Å². The zero-order valence-corrected chi connectivity index (χ0v) is 12.2. The van der Waals surface area contributed by atoms with Gasteiger partial charge in [-0.25, -0.2) is 17.9 Å². The molecule has 0 aliphatic rings. The van der Waals surface area contributed by atoms with Gasteiger partial charge in [0.2, 0.25) is 0 Å². The quantitative estimate of drug-likeness (QED) is 0.800. The second-order valence-corrected chi connectivity index (χ2v) is 6.17. The van der Waals surface area contributed by atoms with Gasteiger partial charge >= 0.3 is 0 Å². The largest absolute Gasteiger partial charge is 0.276 e. The van der Waals surface area contributed by atoms with E-state index in [-0.39, 0.29) is 4.90 Å². The predicted molar refractivity (Wildman–Crippen MR) is 79.6 cm³/mol. The molecule has 3 aromatic rings. The number of pyridine rings is 1. The summed E-state index contributed by atoms with van der Waals surface area (Å²) in [4.78, 5) is 4.54. The number of aromatic nitrogens is 3. The fourth-order valence-electron chi connectivity index (χ4n) is 1.98. The third-order valence-electron chi connectivity index (χ3n) is 3.02. The molecule has 0 spiro atoms. The molecule has 1 N–H and O–H groups in total. The Bertz CT molecular complexity index is 872. The van der Waals surface area contributed by atoms with Crippen molar-refractivity contribution < 1.29 is 8.42 Å². The van der Waals surface area contributed by atoms with Gasteiger partial charge in [0.1, 0.15) is 0 Å². The van der Waals surface area contributed by atoms with Crippen molar-refractivity contribution in [1.82, 2.24) is 14.6 Å². The van der Waals surface area contributed by atoms with Gasteiger partial charge in [0.25, 0.3) is 10.0 Å². The van der Waals surface area contributed by atoms with Crippen LogP contribution in [0.3, 0.4) is 0 Å². The van der Waals surface area contributed by atoms with Crippen molar-refractivity contribution in [3.63, 3.8) is 0 Å². The van der Waals surface area contributed by atoms with E-state index >= 15 is 0 Å². The Morgan fingerprint density at radius 2 is 1.90 bits per heavy atom. The van der Waals surface area contributed by atoms with Crippen LogP contribution in [0.25, 0.3) is 5.65 Å². The molecular weight excluding hydrogens is 288 g/mol. The zero-order valence-electron chi connectivity index (χ0n) is 11.4. The van der Waals surface area contributed by atoms with Gasteiger partial charge in [0, 0.05) is 12.6 Å². The van der Waals surface area contributed by atoms with Crippen LogP contribution in [0.4, 0.5) is 5.69 Å². The SMILES string of the molecule is CCc1nc2c(NS(=O)(=O)c3ccccc3)cccn2n1. The Morgan fingerprint density at radius 3 is 2.62 bits per heavy atom. The summed E-state index contributed by atoms with van der Waals surface area (Å²) in [7, 11) is -3.63. The highest BCUT2D eigenvalue weighted by Gasteiger charge is 2.16. The first-order chi connectivity index (χ1) is 10.1. The maximum Gasteiger partial charge on any atom is 0.262 e. The normalized spacial score (nSPS) is 11.7. The summed E-state index contributed by atoms with van der Waals surface area (Å²) >= 11 is 0. The summed E-state index contributed by atoms with van der Waals surface area (Å²) in [5.41, 5.74) is 0.905. The first-order valence-electron chi connectivity index (χ1n) is 6.52. The molecular formula is C14H14N4O2S. The van der Waals surface area contributed by atoms with E-state index in [0.29, 0.717) is 23.6 Å². The zero-order chi connectivity index (χ0) is 14.9. The summed E-state index contributed by atoms with van der Waals surface area (Å²) in [6, 6.07) is 11.6. The van der Waals surface area contributed by atoms with Gasteiger partial charge in [0.15, 0.2) is 11.5 Å². The lowest BCUT2D eigenvalue weighted by Gasteiger charge is -2.08. The molecule has 0 saturated heterocycles. The smallest absolute Gasteiger partial charge is 0.262 e. The molecule has 6 nitrogen and oxygen atoms in total. The Labute approximate surface area is 122 Å². The van der Waals surface area contributed by atoms with Crippen LogP contribution in [0.1, 0.15) is 12.7 Å². The topological polar surface area (TPSA) is 76.4 Å². The van der Waals surface area contributed by atoms with Gasteiger partial charge in [-0.2, -0.15) is 5.10 Å². The number of rotatable bonds is 4. The highest BCUT2D eigenvalue weighted by atomic mass is 32.2. The number of sulfonamides is 1. The van der Waals surface area contributed by atoms with E-state index < -0.39 is 10.0 Å². The monoisotopic (exact) mass is 302 g/mol. The lowest BCUT2D eigenvalue weighted by Crippen LogP contribution is -2.13. The van der Waals surface area contributed by atoms with Crippen molar-refractivity contribution in [2.75, 3.05) is 4.72 Å². The second-order valence-electron chi connectivity index (χ2n) is 4.49. The summed E-state index contributed by atoms with van der Waals surface area (Å²) in [6.45, 7) is 1.95. The van der Waals surface area contributed by atoms with E-state index in [2.05, 4.69) is 14.8 Å². The van der Waals surface area contributed by atoms with Crippen LogP contribution in [0.15, 0.2) is 53.6 Å². The Kier molecular flexibility index (Phi) is 3.34. The van der Waals surface area contributed by atoms with E-state index in [1.54, 1.807) is 53.2 Å². The molecule has 0 fully saturated rings. The first-order valence-corrected chi connectivity index (χ1v) is 8.00. The molecule has 2 heterocycles. The fourth-order valence-corrected chi connectivity index (χ4v) is 3.07. The number of hydrogen-bond acceptors (Lipinski definition) is 4. The van der Waals surface area contributed by atoms with Gasteiger partial charge in [-0.05, 0) is 24.3 Å². The average Bonchev–Trinajstić information content (AvgIpc) is 2.92. The van der Waals surface area contributed by atoms with E-state index in [9.17, 15) is 8.42 Å². The average molecular weight is 302 g/mol. The van der Waals surface area contributed by atoms with Gasteiger partial charge in [-0.3, -0.25) is 4.72 Å². The molecule has 0 radical (unpaired) electrons. The minimum absolute atomic E-state index is 0.210. The molecule has 2 aromatic heterocycles. The number of anilines is 1. The molecule has 0 bridgehead atoms. The highest BCUT2D eigenvalue weighted by Crippen LogP contribution is 2.19. The molecule has 7 heteroatoms. The van der Waals surface area contributed by atoms with Crippen molar-refractivity contribution in [1.29, 1.82) is 0 Å². The van der Waals surface area contributed by atoms with Crippen LogP contribution in [-0.2, 0) is 16.4 Å². The van der Waals surface area contributed by atoms with Crippen LogP contribution in [0, 0.1) is 0 Å². The molecule has 1 aromatic carbocycles. The van der Waals surface area contributed by atoms with Crippen LogP contribution in [0.2, 0.25) is 0 Å². The molecule has 0 saturated carbocycles.